The summed E-state index contributed by atoms with van der Waals surface area (Å²) in [7, 11) is 0. The zero-order valence-corrected chi connectivity index (χ0v) is 14.3. The van der Waals surface area contributed by atoms with Gasteiger partial charge in [0, 0.05) is 27.7 Å². The molecule has 1 amide bonds. The molecule has 2 rings (SSSR count). The predicted octanol–water partition coefficient (Wildman–Crippen LogP) is 3.38. The zero-order valence-electron chi connectivity index (χ0n) is 11.9. The number of fused-ring (bicyclic) bond motifs is 1. The Morgan fingerprint density at radius 1 is 1.52 bits per heavy atom. The molecule has 0 aliphatic carbocycles. The number of aliphatic hydroxyl groups is 1. The maximum atomic E-state index is 12.3. The molecule has 21 heavy (non-hydrogen) atoms. The third kappa shape index (κ3) is 3.75. The Bertz CT molecular complexity index is 642. The number of hydrogen-bond donors (Lipinski definition) is 3. The minimum absolute atomic E-state index is 0.138. The van der Waals surface area contributed by atoms with Gasteiger partial charge in [0.05, 0.1) is 5.69 Å². The molecule has 0 aliphatic rings. The van der Waals surface area contributed by atoms with E-state index < -0.39 is 0 Å². The molecule has 4 nitrogen and oxygen atoms in total. The number of thiophene rings is 1. The smallest absolute Gasteiger partial charge is 0.263 e. The van der Waals surface area contributed by atoms with Crippen LogP contribution < -0.4 is 11.1 Å². The first-order valence-electron chi connectivity index (χ1n) is 6.93. The third-order valence-electron chi connectivity index (χ3n) is 3.56. The van der Waals surface area contributed by atoms with Crippen molar-refractivity contribution >= 4 is 48.9 Å². The fourth-order valence-electron chi connectivity index (χ4n) is 2.21. The number of amides is 1. The number of nitrogens with two attached hydrogens (primary N) is 1. The molecule has 6 heteroatoms. The monoisotopic (exact) mass is 370 g/mol. The zero-order chi connectivity index (χ0) is 15.4. The minimum Gasteiger partial charge on any atom is -0.397 e. The summed E-state index contributed by atoms with van der Waals surface area (Å²) in [6, 6.07) is 5.80. The van der Waals surface area contributed by atoms with Crippen LogP contribution in [0.3, 0.4) is 0 Å². The number of carbonyl (C=O) groups is 1. The molecule has 1 aromatic heterocycles. The molecule has 114 valence electrons. The first-order valence-corrected chi connectivity index (χ1v) is 8.54. The number of anilines is 1. The molecule has 4 N–H and O–H groups in total. The molecular weight excluding hydrogens is 352 g/mol. The van der Waals surface area contributed by atoms with Crippen LogP contribution in [-0.2, 0) is 0 Å². The Balaban J connectivity index is 2.14. The van der Waals surface area contributed by atoms with Crippen molar-refractivity contribution in [2.24, 2.45) is 5.92 Å². The molecule has 0 bridgehead atoms. The average Bonchev–Trinajstić information content (AvgIpc) is 2.79. The summed E-state index contributed by atoms with van der Waals surface area (Å²) < 4.78 is 1.96. The fraction of sp³-hybridized carbons (Fsp3) is 0.400. The van der Waals surface area contributed by atoms with Crippen molar-refractivity contribution in [3.63, 3.8) is 0 Å². The molecule has 1 unspecified atom stereocenters. The summed E-state index contributed by atoms with van der Waals surface area (Å²) in [4.78, 5) is 12.8. The summed E-state index contributed by atoms with van der Waals surface area (Å²) in [5.41, 5.74) is 6.62. The maximum absolute atomic E-state index is 12.3. The second-order valence-electron chi connectivity index (χ2n) is 4.98. The van der Waals surface area contributed by atoms with Gasteiger partial charge in [-0.1, -0.05) is 35.3 Å². The molecule has 1 heterocycles. The van der Waals surface area contributed by atoms with E-state index in [1.807, 2.05) is 18.2 Å². The van der Waals surface area contributed by atoms with E-state index >= 15 is 0 Å². The fourth-order valence-corrected chi connectivity index (χ4v) is 3.80. The van der Waals surface area contributed by atoms with Crippen LogP contribution in [0.25, 0.3) is 10.1 Å². The third-order valence-corrected chi connectivity index (χ3v) is 5.22. The average molecular weight is 371 g/mol. The van der Waals surface area contributed by atoms with Crippen molar-refractivity contribution in [2.75, 3.05) is 18.9 Å². The highest BCUT2D eigenvalue weighted by molar-refractivity contribution is 9.10. The van der Waals surface area contributed by atoms with Gasteiger partial charge in [-0.05, 0) is 24.5 Å². The van der Waals surface area contributed by atoms with Gasteiger partial charge in [0.15, 0.2) is 0 Å². The van der Waals surface area contributed by atoms with Crippen LogP contribution in [0, 0.1) is 5.92 Å². The second kappa shape index (κ2) is 7.24. The molecule has 0 fully saturated rings. The van der Waals surface area contributed by atoms with Crippen LogP contribution in [-0.4, -0.2) is 24.2 Å². The number of nitrogens with one attached hydrogen (secondary N) is 1. The lowest BCUT2D eigenvalue weighted by Crippen LogP contribution is -2.29. The van der Waals surface area contributed by atoms with Crippen molar-refractivity contribution in [3.8, 4) is 0 Å². The van der Waals surface area contributed by atoms with Gasteiger partial charge in [-0.25, -0.2) is 0 Å². The highest BCUT2D eigenvalue weighted by Crippen LogP contribution is 2.35. The molecule has 1 atom stereocenters. The van der Waals surface area contributed by atoms with E-state index in [2.05, 4.69) is 28.2 Å². The highest BCUT2D eigenvalue weighted by Gasteiger charge is 2.17. The van der Waals surface area contributed by atoms with Gasteiger partial charge >= 0.3 is 0 Å². The minimum atomic E-state index is -0.138. The Morgan fingerprint density at radius 3 is 2.95 bits per heavy atom. The normalized spacial score (nSPS) is 12.5. The van der Waals surface area contributed by atoms with Crippen LogP contribution in [0.2, 0.25) is 0 Å². The van der Waals surface area contributed by atoms with Gasteiger partial charge in [-0.3, -0.25) is 4.79 Å². The number of hydrogen-bond acceptors (Lipinski definition) is 4. The lowest BCUT2D eigenvalue weighted by Gasteiger charge is -2.13. The lowest BCUT2D eigenvalue weighted by molar-refractivity contribution is 0.0948. The summed E-state index contributed by atoms with van der Waals surface area (Å²) in [5, 5.41) is 12.8. The Morgan fingerprint density at radius 2 is 2.29 bits per heavy atom. The van der Waals surface area contributed by atoms with Crippen molar-refractivity contribution in [3.05, 3.63) is 27.5 Å². The van der Waals surface area contributed by atoms with Gasteiger partial charge in [0.1, 0.15) is 4.88 Å². The van der Waals surface area contributed by atoms with E-state index in [1.54, 1.807) is 0 Å². The SMILES string of the molecule is CCC(CCO)CNC(=O)c1sc2cc(Br)ccc2c1N. The van der Waals surface area contributed by atoms with E-state index in [-0.39, 0.29) is 12.5 Å². The van der Waals surface area contributed by atoms with Crippen molar-refractivity contribution in [1.82, 2.24) is 5.32 Å². The van der Waals surface area contributed by atoms with E-state index in [1.165, 1.54) is 11.3 Å². The molecule has 0 aliphatic heterocycles. The molecule has 0 saturated carbocycles. The molecule has 0 radical (unpaired) electrons. The first-order chi connectivity index (χ1) is 10.1. The van der Waals surface area contributed by atoms with Crippen LogP contribution >= 0.6 is 27.3 Å². The summed E-state index contributed by atoms with van der Waals surface area (Å²) in [6.07, 6.45) is 1.63. The summed E-state index contributed by atoms with van der Waals surface area (Å²) in [6.45, 7) is 2.76. The molecule has 0 saturated heterocycles. The Hall–Kier alpha value is -1.11. The number of aliphatic hydroxyl groups excluding tert-OH is 1. The van der Waals surface area contributed by atoms with E-state index in [4.69, 9.17) is 10.8 Å². The van der Waals surface area contributed by atoms with Crippen molar-refractivity contribution in [1.29, 1.82) is 0 Å². The van der Waals surface area contributed by atoms with Crippen molar-refractivity contribution < 1.29 is 9.90 Å². The van der Waals surface area contributed by atoms with Gasteiger partial charge in [0.25, 0.3) is 5.91 Å². The van der Waals surface area contributed by atoms with E-state index in [0.29, 0.717) is 29.4 Å². The lowest BCUT2D eigenvalue weighted by atomic mass is 10.0. The topological polar surface area (TPSA) is 75.3 Å². The molecular formula is C15H19BrN2O2S. The van der Waals surface area contributed by atoms with Crippen molar-refractivity contribution in [2.45, 2.75) is 19.8 Å². The summed E-state index contributed by atoms with van der Waals surface area (Å²) >= 11 is 4.82. The number of carbonyl (C=O) groups excluding carboxylic acids is 1. The van der Waals surface area contributed by atoms with E-state index in [9.17, 15) is 4.79 Å². The largest absolute Gasteiger partial charge is 0.397 e. The molecule has 0 spiro atoms. The molecule has 2 aromatic rings. The van der Waals surface area contributed by atoms with Crippen LogP contribution in [0.1, 0.15) is 29.4 Å². The van der Waals surface area contributed by atoms with Gasteiger partial charge in [0.2, 0.25) is 0 Å². The van der Waals surface area contributed by atoms with Crippen LogP contribution in [0.5, 0.6) is 0 Å². The van der Waals surface area contributed by atoms with Gasteiger partial charge in [-0.15, -0.1) is 11.3 Å². The standard InChI is InChI=1S/C15H19BrN2O2S/c1-2-9(5-6-19)8-18-15(20)14-13(17)11-4-3-10(16)7-12(11)21-14/h3-4,7,9,19H,2,5-6,8,17H2,1H3,(H,18,20). The highest BCUT2D eigenvalue weighted by atomic mass is 79.9. The van der Waals surface area contributed by atoms with Crippen LogP contribution in [0.4, 0.5) is 5.69 Å². The first kappa shape index (κ1) is 16.3. The van der Waals surface area contributed by atoms with Gasteiger partial charge in [-0.2, -0.15) is 0 Å². The number of benzene rings is 1. The maximum Gasteiger partial charge on any atom is 0.263 e. The predicted molar refractivity (Wildman–Crippen MR) is 91.8 cm³/mol. The molecule has 1 aromatic carbocycles. The number of halogens is 1. The Labute approximate surface area is 136 Å². The quantitative estimate of drug-likeness (QED) is 0.729. The second-order valence-corrected chi connectivity index (χ2v) is 6.95. The number of rotatable bonds is 6. The van der Waals surface area contributed by atoms with E-state index in [0.717, 1.165) is 21.0 Å². The Kier molecular flexibility index (Phi) is 5.61. The summed E-state index contributed by atoms with van der Waals surface area (Å²) in [5.74, 6) is 0.157. The van der Waals surface area contributed by atoms with Gasteiger partial charge < -0.3 is 16.2 Å². The van der Waals surface area contributed by atoms with Crippen LogP contribution in [0.15, 0.2) is 22.7 Å². The number of nitrogen functional groups attached to an aromatic ring is 1.